The lowest BCUT2D eigenvalue weighted by atomic mass is 10.0. The third kappa shape index (κ3) is 4.08. The van der Waals surface area contributed by atoms with Gasteiger partial charge in [-0.3, -0.25) is 4.79 Å². The first-order valence-electron chi connectivity index (χ1n) is 8.82. The van der Waals surface area contributed by atoms with Crippen molar-refractivity contribution in [2.75, 3.05) is 28.4 Å². The number of nitrogens with zero attached hydrogens (tertiary/aromatic N) is 1. The lowest BCUT2D eigenvalue weighted by Crippen LogP contribution is -2.18. The van der Waals surface area contributed by atoms with Crippen molar-refractivity contribution in [3.63, 3.8) is 0 Å². The Balaban J connectivity index is 1.85. The minimum absolute atomic E-state index is 0.330. The number of ether oxygens (including phenoxy) is 4. The molecule has 0 aromatic heterocycles. The number of hydrazone groups is 1. The highest BCUT2D eigenvalue weighted by molar-refractivity contribution is 6.03. The molecule has 0 radical (unpaired) electrons. The van der Waals surface area contributed by atoms with Gasteiger partial charge < -0.3 is 18.9 Å². The maximum atomic E-state index is 12.5. The summed E-state index contributed by atoms with van der Waals surface area (Å²) in [6.07, 6.45) is 1.59. The van der Waals surface area contributed by atoms with E-state index in [1.54, 1.807) is 25.5 Å². The molecule has 0 saturated heterocycles. The second-order valence-corrected chi connectivity index (χ2v) is 6.02. The fraction of sp³-hybridized carbons (Fsp3) is 0.182. The molecule has 29 heavy (non-hydrogen) atoms. The molecule has 0 heterocycles. The van der Waals surface area contributed by atoms with Crippen molar-refractivity contribution < 1.29 is 23.7 Å². The summed E-state index contributed by atoms with van der Waals surface area (Å²) in [5.74, 6) is 1.57. The van der Waals surface area contributed by atoms with Gasteiger partial charge in [-0.05, 0) is 29.7 Å². The van der Waals surface area contributed by atoms with Gasteiger partial charge in [-0.25, -0.2) is 5.43 Å². The van der Waals surface area contributed by atoms with Gasteiger partial charge >= 0.3 is 0 Å². The predicted molar refractivity (Wildman–Crippen MR) is 112 cm³/mol. The zero-order chi connectivity index (χ0) is 20.8. The standard InChI is InChI=1S/C22H22N2O5/c1-26-18-10-9-14(16-7-5-6-8-17(16)18)13-23-24-22(25)15-11-19(27-2)21(29-4)20(12-15)28-3/h5-13H,1-4H3,(H,24,25)/b23-13+. The second kappa shape index (κ2) is 8.97. The van der Waals surface area contributed by atoms with Crippen LogP contribution < -0.4 is 24.4 Å². The molecule has 0 bridgehead atoms. The first-order chi connectivity index (χ1) is 14.1. The Hall–Kier alpha value is -3.74. The molecule has 0 spiro atoms. The zero-order valence-electron chi connectivity index (χ0n) is 16.7. The number of methoxy groups -OCH3 is 4. The average molecular weight is 394 g/mol. The van der Waals surface area contributed by atoms with Gasteiger partial charge in [-0.15, -0.1) is 0 Å². The number of benzene rings is 3. The molecule has 0 fully saturated rings. The number of carbonyl (C=O) groups excluding carboxylic acids is 1. The molecule has 7 heteroatoms. The molecule has 1 N–H and O–H groups in total. The number of amides is 1. The Morgan fingerprint density at radius 3 is 2.03 bits per heavy atom. The van der Waals surface area contributed by atoms with E-state index in [9.17, 15) is 4.79 Å². The molecule has 0 aliphatic carbocycles. The van der Waals surface area contributed by atoms with Gasteiger partial charge in [0.1, 0.15) is 5.75 Å². The maximum Gasteiger partial charge on any atom is 0.271 e. The minimum atomic E-state index is -0.404. The summed E-state index contributed by atoms with van der Waals surface area (Å²) in [7, 11) is 6.12. The van der Waals surface area contributed by atoms with Crippen LogP contribution in [0, 0.1) is 0 Å². The molecule has 0 aliphatic rings. The molecule has 0 aliphatic heterocycles. The number of carbonyl (C=O) groups is 1. The molecule has 0 saturated carbocycles. The summed E-state index contributed by atoms with van der Waals surface area (Å²) in [6.45, 7) is 0. The van der Waals surface area contributed by atoms with Crippen LogP contribution in [0.5, 0.6) is 23.0 Å². The monoisotopic (exact) mass is 394 g/mol. The average Bonchev–Trinajstić information content (AvgIpc) is 2.77. The molecule has 1 amide bonds. The fourth-order valence-corrected chi connectivity index (χ4v) is 3.02. The van der Waals surface area contributed by atoms with Crippen LogP contribution in [0.2, 0.25) is 0 Å². The van der Waals surface area contributed by atoms with Gasteiger partial charge in [0.2, 0.25) is 5.75 Å². The molecule has 7 nitrogen and oxygen atoms in total. The van der Waals surface area contributed by atoms with Crippen LogP contribution in [0.4, 0.5) is 0 Å². The smallest absolute Gasteiger partial charge is 0.271 e. The van der Waals surface area contributed by atoms with E-state index in [1.807, 2.05) is 36.4 Å². The van der Waals surface area contributed by atoms with E-state index in [2.05, 4.69) is 10.5 Å². The normalized spacial score (nSPS) is 10.8. The number of fused-ring (bicyclic) bond motifs is 1. The number of rotatable bonds is 7. The van der Waals surface area contributed by atoms with E-state index in [1.165, 1.54) is 21.3 Å². The molecule has 3 aromatic carbocycles. The summed E-state index contributed by atoms with van der Waals surface area (Å²) < 4.78 is 21.2. The molecule has 150 valence electrons. The van der Waals surface area contributed by atoms with Crippen molar-refractivity contribution in [3.8, 4) is 23.0 Å². The topological polar surface area (TPSA) is 78.4 Å². The van der Waals surface area contributed by atoms with Crippen LogP contribution in [-0.4, -0.2) is 40.6 Å². The lowest BCUT2D eigenvalue weighted by Gasteiger charge is -2.13. The first kappa shape index (κ1) is 20.0. The molecular formula is C22H22N2O5. The van der Waals surface area contributed by atoms with E-state index in [-0.39, 0.29) is 0 Å². The Morgan fingerprint density at radius 1 is 0.828 bits per heavy atom. The highest BCUT2D eigenvalue weighted by Gasteiger charge is 2.16. The van der Waals surface area contributed by atoms with E-state index < -0.39 is 5.91 Å². The Bertz CT molecular complexity index is 1040. The summed E-state index contributed by atoms with van der Waals surface area (Å²) in [6, 6.07) is 14.7. The lowest BCUT2D eigenvalue weighted by molar-refractivity contribution is 0.0954. The summed E-state index contributed by atoms with van der Waals surface area (Å²) in [4.78, 5) is 12.5. The molecule has 0 atom stereocenters. The van der Waals surface area contributed by atoms with E-state index in [0.29, 0.717) is 22.8 Å². The van der Waals surface area contributed by atoms with Gasteiger partial charge in [-0.2, -0.15) is 5.10 Å². The highest BCUT2D eigenvalue weighted by atomic mass is 16.5. The van der Waals surface area contributed by atoms with Crippen LogP contribution in [0.1, 0.15) is 15.9 Å². The third-order valence-corrected chi connectivity index (χ3v) is 4.43. The zero-order valence-corrected chi connectivity index (χ0v) is 16.7. The number of nitrogens with one attached hydrogen (secondary N) is 1. The van der Waals surface area contributed by atoms with Crippen LogP contribution >= 0.6 is 0 Å². The predicted octanol–water partition coefficient (Wildman–Crippen LogP) is 3.64. The summed E-state index contributed by atoms with van der Waals surface area (Å²) in [5, 5.41) is 6.04. The van der Waals surface area contributed by atoms with Crippen molar-refractivity contribution in [2.24, 2.45) is 5.10 Å². The second-order valence-electron chi connectivity index (χ2n) is 6.02. The number of hydrogen-bond donors (Lipinski definition) is 1. The Morgan fingerprint density at radius 2 is 1.45 bits per heavy atom. The van der Waals surface area contributed by atoms with E-state index >= 15 is 0 Å². The van der Waals surface area contributed by atoms with Crippen LogP contribution in [-0.2, 0) is 0 Å². The maximum absolute atomic E-state index is 12.5. The van der Waals surface area contributed by atoms with Crippen LogP contribution in [0.25, 0.3) is 10.8 Å². The third-order valence-electron chi connectivity index (χ3n) is 4.43. The van der Waals surface area contributed by atoms with Gasteiger partial charge in [0.05, 0.1) is 34.7 Å². The van der Waals surface area contributed by atoms with Crippen LogP contribution in [0.15, 0.2) is 53.6 Å². The van der Waals surface area contributed by atoms with Crippen molar-refractivity contribution in [1.82, 2.24) is 5.43 Å². The van der Waals surface area contributed by atoms with Crippen molar-refractivity contribution in [3.05, 3.63) is 59.7 Å². The summed E-state index contributed by atoms with van der Waals surface area (Å²) >= 11 is 0. The molecular weight excluding hydrogens is 372 g/mol. The van der Waals surface area contributed by atoms with Crippen molar-refractivity contribution in [2.45, 2.75) is 0 Å². The first-order valence-corrected chi connectivity index (χ1v) is 8.82. The SMILES string of the molecule is COc1cc(C(=O)N/N=C/c2ccc(OC)c3ccccc23)cc(OC)c1OC. The molecule has 0 unspecified atom stereocenters. The van der Waals surface area contributed by atoms with E-state index in [4.69, 9.17) is 18.9 Å². The summed E-state index contributed by atoms with van der Waals surface area (Å²) in [5.41, 5.74) is 3.71. The quantitative estimate of drug-likeness (QED) is 0.489. The molecule has 3 aromatic rings. The van der Waals surface area contributed by atoms with Crippen LogP contribution in [0.3, 0.4) is 0 Å². The van der Waals surface area contributed by atoms with Gasteiger partial charge in [0.25, 0.3) is 5.91 Å². The molecule has 3 rings (SSSR count). The Labute approximate surface area is 168 Å². The van der Waals surface area contributed by atoms with E-state index in [0.717, 1.165) is 22.1 Å². The largest absolute Gasteiger partial charge is 0.496 e. The van der Waals surface area contributed by atoms with Crippen molar-refractivity contribution >= 4 is 22.9 Å². The van der Waals surface area contributed by atoms with Crippen molar-refractivity contribution in [1.29, 1.82) is 0 Å². The fourth-order valence-electron chi connectivity index (χ4n) is 3.02. The van der Waals surface area contributed by atoms with Gasteiger partial charge in [0.15, 0.2) is 11.5 Å². The highest BCUT2D eigenvalue weighted by Crippen LogP contribution is 2.38. The van der Waals surface area contributed by atoms with Gasteiger partial charge in [0, 0.05) is 16.5 Å². The Kier molecular flexibility index (Phi) is 6.19. The number of hydrogen-bond acceptors (Lipinski definition) is 6. The minimum Gasteiger partial charge on any atom is -0.496 e. The van der Waals surface area contributed by atoms with Gasteiger partial charge in [-0.1, -0.05) is 24.3 Å².